The molecule has 1 atom stereocenters. The van der Waals surface area contributed by atoms with Crippen LogP contribution in [0.15, 0.2) is 77.0 Å². The van der Waals surface area contributed by atoms with Crippen molar-refractivity contribution in [3.8, 4) is 11.5 Å². The number of aliphatic imine (C=N–C) groups is 1. The molecule has 2 aliphatic heterocycles. The van der Waals surface area contributed by atoms with Crippen LogP contribution >= 0.6 is 0 Å². The molecular formula is C34H43FN6O2. The number of nitrogens with one attached hydrogen (secondary N) is 1. The number of benzene rings is 1. The monoisotopic (exact) mass is 586 g/mol. The van der Waals surface area contributed by atoms with Crippen molar-refractivity contribution in [2.24, 2.45) is 16.0 Å². The van der Waals surface area contributed by atoms with Crippen molar-refractivity contribution >= 4 is 23.6 Å². The van der Waals surface area contributed by atoms with Gasteiger partial charge in [0.25, 0.3) is 0 Å². The van der Waals surface area contributed by atoms with Gasteiger partial charge in [-0.15, -0.1) is 0 Å². The highest BCUT2D eigenvalue weighted by Crippen LogP contribution is 2.34. The van der Waals surface area contributed by atoms with Gasteiger partial charge in [0.05, 0.1) is 18.0 Å². The van der Waals surface area contributed by atoms with Gasteiger partial charge < -0.3 is 19.7 Å². The Hall–Kier alpha value is -4.40. The van der Waals surface area contributed by atoms with E-state index < -0.39 is 5.82 Å². The molecule has 0 saturated heterocycles. The Morgan fingerprint density at radius 3 is 2.79 bits per heavy atom. The number of hydrogen-bond donors (Lipinski definition) is 1. The number of halogens is 1. The van der Waals surface area contributed by atoms with E-state index in [0.717, 1.165) is 55.0 Å². The number of unbranched alkanes of at least 4 members (excludes halogenated alkanes) is 1. The third kappa shape index (κ3) is 7.91. The molecule has 4 rings (SSSR count). The highest BCUT2D eigenvalue weighted by molar-refractivity contribution is 6.08. The number of ether oxygens (including phenoxy) is 2. The Morgan fingerprint density at radius 1 is 1.26 bits per heavy atom. The summed E-state index contributed by atoms with van der Waals surface area (Å²) in [4.78, 5) is 12.1. The third-order valence-corrected chi connectivity index (χ3v) is 7.03. The summed E-state index contributed by atoms with van der Waals surface area (Å²) in [6.45, 7) is 18.5. The summed E-state index contributed by atoms with van der Waals surface area (Å²) in [7, 11) is 0. The summed E-state index contributed by atoms with van der Waals surface area (Å²) < 4.78 is 27.8. The van der Waals surface area contributed by atoms with Crippen molar-refractivity contribution in [2.45, 2.75) is 60.8 Å². The molecule has 1 aromatic carbocycles. The van der Waals surface area contributed by atoms with Gasteiger partial charge in [0.2, 0.25) is 0 Å². The fourth-order valence-electron chi connectivity index (χ4n) is 4.77. The van der Waals surface area contributed by atoms with Crippen molar-refractivity contribution in [1.82, 2.24) is 9.99 Å². The molecule has 1 aromatic heterocycles. The molecule has 3 heterocycles. The lowest BCUT2D eigenvalue weighted by atomic mass is 10.1. The van der Waals surface area contributed by atoms with Gasteiger partial charge in [-0.25, -0.2) is 19.4 Å². The summed E-state index contributed by atoms with van der Waals surface area (Å²) in [6, 6.07) is 5.11. The SMILES string of the molecule is C=C1C=C(Oc2cc(F)c(NC(=N/C=C/CC)c3nc4c(cc3C)OCC(C)CN4CCCC)cc2C)C=CN1/N=C\C. The lowest BCUT2D eigenvalue weighted by Gasteiger charge is -2.25. The van der Waals surface area contributed by atoms with Crippen LogP contribution in [0, 0.1) is 25.6 Å². The van der Waals surface area contributed by atoms with Crippen LogP contribution in [0.25, 0.3) is 0 Å². The second-order valence-corrected chi connectivity index (χ2v) is 10.9. The predicted octanol–water partition coefficient (Wildman–Crippen LogP) is 7.87. The fourth-order valence-corrected chi connectivity index (χ4v) is 4.77. The van der Waals surface area contributed by atoms with E-state index in [0.29, 0.717) is 41.3 Å². The zero-order valence-corrected chi connectivity index (χ0v) is 26.2. The van der Waals surface area contributed by atoms with Crippen molar-refractivity contribution in [3.05, 3.63) is 89.5 Å². The number of aryl methyl sites for hydroxylation is 2. The fraction of sp³-hybridized carbons (Fsp3) is 0.382. The second kappa shape index (κ2) is 14.7. The Labute approximate surface area is 255 Å². The first-order chi connectivity index (χ1) is 20.7. The molecule has 228 valence electrons. The van der Waals surface area contributed by atoms with Gasteiger partial charge in [0, 0.05) is 49.8 Å². The van der Waals surface area contributed by atoms with Crippen molar-refractivity contribution in [3.63, 3.8) is 0 Å². The summed E-state index contributed by atoms with van der Waals surface area (Å²) in [5.74, 6) is 2.86. The number of rotatable bonds is 10. The average molecular weight is 587 g/mol. The lowest BCUT2D eigenvalue weighted by Crippen LogP contribution is -2.30. The van der Waals surface area contributed by atoms with Crippen molar-refractivity contribution in [1.29, 1.82) is 0 Å². The number of amidine groups is 1. The highest BCUT2D eigenvalue weighted by Gasteiger charge is 2.25. The molecular weight excluding hydrogens is 543 g/mol. The van der Waals surface area contributed by atoms with E-state index in [-0.39, 0.29) is 5.69 Å². The lowest BCUT2D eigenvalue weighted by molar-refractivity contribution is 0.273. The number of pyridine rings is 1. The van der Waals surface area contributed by atoms with Gasteiger partial charge in [-0.3, -0.25) is 0 Å². The number of allylic oxidation sites excluding steroid dienone is 3. The Morgan fingerprint density at radius 2 is 2.07 bits per heavy atom. The van der Waals surface area contributed by atoms with Crippen LogP contribution in [-0.2, 0) is 0 Å². The minimum atomic E-state index is -0.474. The first-order valence-electron chi connectivity index (χ1n) is 15.0. The van der Waals surface area contributed by atoms with Crippen LogP contribution < -0.4 is 19.7 Å². The van der Waals surface area contributed by atoms with Gasteiger partial charge in [-0.2, -0.15) is 5.10 Å². The maximum Gasteiger partial charge on any atom is 0.172 e. The van der Waals surface area contributed by atoms with Crippen molar-refractivity contribution in [2.75, 3.05) is 29.9 Å². The summed E-state index contributed by atoms with van der Waals surface area (Å²) in [6.07, 6.45) is 13.6. The topological polar surface area (TPSA) is 74.6 Å². The zero-order chi connectivity index (χ0) is 30.9. The Balaban J connectivity index is 1.66. The molecule has 0 aliphatic carbocycles. The van der Waals surface area contributed by atoms with Gasteiger partial charge in [-0.1, -0.05) is 39.8 Å². The number of aromatic nitrogens is 1. The van der Waals surface area contributed by atoms with Gasteiger partial charge in [0.1, 0.15) is 23.0 Å². The van der Waals surface area contributed by atoms with E-state index in [2.05, 4.69) is 35.7 Å². The van der Waals surface area contributed by atoms with E-state index in [9.17, 15) is 0 Å². The summed E-state index contributed by atoms with van der Waals surface area (Å²) in [5, 5.41) is 9.07. The van der Waals surface area contributed by atoms with Gasteiger partial charge in [-0.05, 0) is 62.9 Å². The third-order valence-electron chi connectivity index (χ3n) is 7.03. The van der Waals surface area contributed by atoms with E-state index in [4.69, 9.17) is 19.5 Å². The van der Waals surface area contributed by atoms with E-state index in [1.54, 1.807) is 41.8 Å². The quantitative estimate of drug-likeness (QED) is 0.226. The molecule has 43 heavy (non-hydrogen) atoms. The molecule has 1 N–H and O–H groups in total. The van der Waals surface area contributed by atoms with Crippen molar-refractivity contribution < 1.29 is 13.9 Å². The number of anilines is 2. The molecule has 0 bridgehead atoms. The minimum Gasteiger partial charge on any atom is -0.489 e. The Kier molecular flexibility index (Phi) is 10.8. The molecule has 0 amide bonds. The summed E-state index contributed by atoms with van der Waals surface area (Å²) in [5.41, 5.74) is 3.20. The van der Waals surface area contributed by atoms with Gasteiger partial charge in [0.15, 0.2) is 17.4 Å². The molecule has 2 aliphatic rings. The standard InChI is InChI=1S/C34H43FN6O2/c1-8-11-14-36-33(32-25(6)18-31-34(39-32)40(15-12-9-2)21-23(4)22-42-31)38-29-17-24(5)30(20-28(29)35)43-27-13-16-41(37-10-3)26(7)19-27/h10-11,13-14,16-20,23H,7-9,12,15,21-22H2,1-6H3,(H,36,38)/b14-11+,37-10-. The first kappa shape index (κ1) is 31.5. The maximum absolute atomic E-state index is 15.6. The maximum atomic E-state index is 15.6. The Bertz CT molecular complexity index is 1480. The second-order valence-electron chi connectivity index (χ2n) is 10.9. The molecule has 0 saturated carbocycles. The predicted molar refractivity (Wildman–Crippen MR) is 174 cm³/mol. The average Bonchev–Trinajstić information content (AvgIpc) is 3.12. The highest BCUT2D eigenvalue weighted by atomic mass is 19.1. The molecule has 0 fully saturated rings. The molecule has 8 nitrogen and oxygen atoms in total. The van der Waals surface area contributed by atoms with E-state index >= 15 is 4.39 Å². The molecule has 2 aromatic rings. The number of hydrazone groups is 1. The normalized spacial score (nSPS) is 17.3. The molecule has 0 radical (unpaired) electrons. The van der Waals surface area contributed by atoms with Crippen LogP contribution in [0.2, 0.25) is 0 Å². The minimum absolute atomic E-state index is 0.276. The largest absolute Gasteiger partial charge is 0.489 e. The van der Waals surface area contributed by atoms with Crippen LogP contribution in [0.5, 0.6) is 11.5 Å². The van der Waals surface area contributed by atoms with E-state index in [1.807, 2.05) is 39.8 Å². The first-order valence-corrected chi connectivity index (χ1v) is 15.0. The number of nitrogens with zero attached hydrogens (tertiary/aromatic N) is 5. The molecule has 9 heteroatoms. The molecule has 0 spiro atoms. The molecule has 1 unspecified atom stereocenters. The van der Waals surface area contributed by atoms with Crippen LogP contribution in [0.4, 0.5) is 15.9 Å². The smallest absolute Gasteiger partial charge is 0.172 e. The number of hydrogen-bond acceptors (Lipinski definition) is 7. The van der Waals surface area contributed by atoms with Gasteiger partial charge >= 0.3 is 0 Å². The summed E-state index contributed by atoms with van der Waals surface area (Å²) >= 11 is 0. The van der Waals surface area contributed by atoms with Crippen LogP contribution in [0.3, 0.4) is 0 Å². The zero-order valence-electron chi connectivity index (χ0n) is 26.2. The van der Waals surface area contributed by atoms with Crippen LogP contribution in [-0.4, -0.2) is 41.7 Å². The van der Waals surface area contributed by atoms with E-state index in [1.165, 1.54) is 6.07 Å². The van der Waals surface area contributed by atoms with Crippen LogP contribution in [0.1, 0.15) is 63.8 Å². The number of fused-ring (bicyclic) bond motifs is 1.